The molecule has 2 nitrogen and oxygen atoms in total. The number of rotatable bonds is 3. The minimum absolute atomic E-state index is 0.0359. The molecule has 0 unspecified atom stereocenters. The summed E-state index contributed by atoms with van der Waals surface area (Å²) in [5.41, 5.74) is 0.374. The van der Waals surface area contributed by atoms with Crippen LogP contribution in [0.4, 0.5) is 30.7 Å². The second-order valence-electron chi connectivity index (χ2n) is 5.59. The molecule has 0 spiro atoms. The van der Waals surface area contributed by atoms with Crippen molar-refractivity contribution in [2.45, 2.75) is 18.0 Å². The molecule has 0 aliphatic carbocycles. The Labute approximate surface area is 156 Å². The van der Waals surface area contributed by atoms with Crippen molar-refractivity contribution < 1.29 is 30.7 Å². The van der Waals surface area contributed by atoms with E-state index in [1.807, 2.05) is 4.98 Å². The molecule has 0 atom stereocenters. The molecule has 0 saturated carbocycles. The van der Waals surface area contributed by atoms with E-state index in [4.69, 9.17) is 23.2 Å². The number of aromatic nitrogens is 2. The van der Waals surface area contributed by atoms with E-state index in [9.17, 15) is 30.7 Å². The lowest BCUT2D eigenvalue weighted by Crippen LogP contribution is -2.50. The summed E-state index contributed by atoms with van der Waals surface area (Å²) in [4.78, 5) is 5.02. The Morgan fingerprint density at radius 3 is 2.00 bits per heavy atom. The number of fused-ring (bicyclic) bond motifs is 1. The molecule has 1 N–H and O–H groups in total. The summed E-state index contributed by atoms with van der Waals surface area (Å²) in [6, 6.07) is 8.52. The van der Waals surface area contributed by atoms with Gasteiger partial charge in [-0.3, -0.25) is 0 Å². The molecule has 1 aromatic heterocycles. The van der Waals surface area contributed by atoms with Crippen molar-refractivity contribution in [2.24, 2.45) is 0 Å². The van der Waals surface area contributed by atoms with Gasteiger partial charge >= 0.3 is 18.0 Å². The molecule has 0 fully saturated rings. The number of alkyl halides is 7. The van der Waals surface area contributed by atoms with Gasteiger partial charge in [0.05, 0.1) is 16.1 Å². The lowest BCUT2D eigenvalue weighted by atomic mass is 10.1. The summed E-state index contributed by atoms with van der Waals surface area (Å²) < 4.78 is 91.1. The van der Waals surface area contributed by atoms with E-state index in [1.165, 1.54) is 18.2 Å². The quantitative estimate of drug-likeness (QED) is 0.453. The molecule has 0 bridgehead atoms. The van der Waals surface area contributed by atoms with Gasteiger partial charge in [-0.05, 0) is 29.8 Å². The SMILES string of the molecule is FC(F)(F)C(F)(F)C(F)(F)c1nc2cc(Cl)c(-c3ccc(Cl)cc3)cc2[nH]1. The van der Waals surface area contributed by atoms with Crippen LogP contribution < -0.4 is 0 Å². The molecule has 3 rings (SSSR count). The van der Waals surface area contributed by atoms with E-state index < -0.39 is 23.8 Å². The Morgan fingerprint density at radius 1 is 0.852 bits per heavy atom. The van der Waals surface area contributed by atoms with Crippen molar-refractivity contribution in [3.8, 4) is 11.1 Å². The summed E-state index contributed by atoms with van der Waals surface area (Å²) in [6.45, 7) is 0. The van der Waals surface area contributed by atoms with Gasteiger partial charge in [-0.25, -0.2) is 4.98 Å². The summed E-state index contributed by atoms with van der Waals surface area (Å²) in [7, 11) is 0. The first-order valence-corrected chi connectivity index (χ1v) is 7.88. The maximum atomic E-state index is 13.8. The number of H-pyrrole nitrogens is 1. The molecule has 11 heteroatoms. The summed E-state index contributed by atoms with van der Waals surface area (Å²) >= 11 is 11.8. The third-order valence-electron chi connectivity index (χ3n) is 3.77. The molecule has 27 heavy (non-hydrogen) atoms. The minimum Gasteiger partial charge on any atom is -0.337 e. The van der Waals surface area contributed by atoms with Gasteiger partial charge in [0.1, 0.15) is 0 Å². The average molecular weight is 431 g/mol. The summed E-state index contributed by atoms with van der Waals surface area (Å²) in [6.07, 6.45) is -6.46. The number of nitrogens with one attached hydrogen (secondary N) is 1. The topological polar surface area (TPSA) is 28.7 Å². The second kappa shape index (κ2) is 6.27. The fraction of sp³-hybridized carbons (Fsp3) is 0.188. The zero-order chi connectivity index (χ0) is 20.2. The third-order valence-corrected chi connectivity index (χ3v) is 4.34. The number of hydrogen-bond acceptors (Lipinski definition) is 1. The molecule has 144 valence electrons. The van der Waals surface area contributed by atoms with Gasteiger partial charge in [0.15, 0.2) is 5.82 Å². The highest BCUT2D eigenvalue weighted by molar-refractivity contribution is 6.34. The van der Waals surface area contributed by atoms with Crippen molar-refractivity contribution in [1.82, 2.24) is 9.97 Å². The van der Waals surface area contributed by atoms with Crippen molar-refractivity contribution in [2.75, 3.05) is 0 Å². The number of nitrogens with zero attached hydrogens (tertiary/aromatic N) is 1. The highest BCUT2D eigenvalue weighted by Gasteiger charge is 2.74. The largest absolute Gasteiger partial charge is 0.460 e. The Balaban J connectivity index is 2.12. The van der Waals surface area contributed by atoms with E-state index in [-0.39, 0.29) is 16.1 Å². The first kappa shape index (κ1) is 19.8. The minimum atomic E-state index is -6.46. The van der Waals surface area contributed by atoms with Crippen LogP contribution in [0.5, 0.6) is 0 Å². The lowest BCUT2D eigenvalue weighted by Gasteiger charge is -2.26. The van der Waals surface area contributed by atoms with Gasteiger partial charge < -0.3 is 4.98 Å². The normalized spacial score (nSPS) is 13.4. The third kappa shape index (κ3) is 3.23. The molecule has 0 radical (unpaired) electrons. The van der Waals surface area contributed by atoms with Crippen LogP contribution in [0.15, 0.2) is 36.4 Å². The van der Waals surface area contributed by atoms with Crippen molar-refractivity contribution in [3.05, 3.63) is 52.3 Å². The molecule has 0 aliphatic heterocycles. The fourth-order valence-corrected chi connectivity index (χ4v) is 2.75. The first-order chi connectivity index (χ1) is 12.3. The Hall–Kier alpha value is -2.00. The second-order valence-corrected chi connectivity index (χ2v) is 6.43. The summed E-state index contributed by atoms with van der Waals surface area (Å²) in [5.74, 6) is -13.7. The van der Waals surface area contributed by atoms with Gasteiger partial charge in [0.2, 0.25) is 0 Å². The van der Waals surface area contributed by atoms with E-state index >= 15 is 0 Å². The van der Waals surface area contributed by atoms with E-state index in [0.29, 0.717) is 16.1 Å². The molecule has 0 amide bonds. The number of aromatic amines is 1. The Morgan fingerprint density at radius 2 is 1.44 bits per heavy atom. The molecular formula is C16H7Cl2F7N2. The zero-order valence-corrected chi connectivity index (χ0v) is 14.3. The predicted molar refractivity (Wildman–Crippen MR) is 86.4 cm³/mol. The monoisotopic (exact) mass is 430 g/mol. The lowest BCUT2D eigenvalue weighted by molar-refractivity contribution is -0.361. The maximum absolute atomic E-state index is 13.8. The van der Waals surface area contributed by atoms with Crippen LogP contribution in [0.3, 0.4) is 0 Å². The van der Waals surface area contributed by atoms with Crippen LogP contribution in [0.25, 0.3) is 22.2 Å². The van der Waals surface area contributed by atoms with Crippen LogP contribution in [-0.2, 0) is 5.92 Å². The van der Waals surface area contributed by atoms with Crippen molar-refractivity contribution in [1.29, 1.82) is 0 Å². The number of imidazole rings is 1. The fourth-order valence-electron chi connectivity index (χ4n) is 2.36. The predicted octanol–water partition coefficient (Wildman–Crippen LogP) is 6.83. The molecular weight excluding hydrogens is 424 g/mol. The van der Waals surface area contributed by atoms with E-state index in [2.05, 4.69) is 4.98 Å². The van der Waals surface area contributed by atoms with Gasteiger partial charge in [0, 0.05) is 10.6 Å². The van der Waals surface area contributed by atoms with Gasteiger partial charge in [-0.15, -0.1) is 0 Å². The zero-order valence-electron chi connectivity index (χ0n) is 12.8. The molecule has 3 aromatic rings. The van der Waals surface area contributed by atoms with Gasteiger partial charge in [0.25, 0.3) is 0 Å². The smallest absolute Gasteiger partial charge is 0.337 e. The molecule has 0 saturated heterocycles. The molecule has 1 heterocycles. The number of hydrogen-bond donors (Lipinski definition) is 1. The Bertz CT molecular complexity index is 994. The van der Waals surface area contributed by atoms with Crippen LogP contribution in [0.2, 0.25) is 10.0 Å². The highest BCUT2D eigenvalue weighted by atomic mass is 35.5. The number of halogens is 9. The number of benzene rings is 2. The van der Waals surface area contributed by atoms with Crippen molar-refractivity contribution in [3.63, 3.8) is 0 Å². The van der Waals surface area contributed by atoms with Crippen molar-refractivity contribution >= 4 is 34.2 Å². The van der Waals surface area contributed by atoms with Crippen LogP contribution >= 0.6 is 23.2 Å². The van der Waals surface area contributed by atoms with E-state index in [0.717, 1.165) is 6.07 Å². The highest BCUT2D eigenvalue weighted by Crippen LogP contribution is 2.51. The van der Waals surface area contributed by atoms with Crippen LogP contribution in [-0.4, -0.2) is 22.1 Å². The standard InChI is InChI=1S/C16H7Cl2F7N2/c17-8-3-1-7(2-4-8)9-5-11-12(6-10(9)18)27-13(26-11)14(19,20)15(21,22)16(23,24)25/h1-6H,(H,26,27). The van der Waals surface area contributed by atoms with Crippen LogP contribution in [0, 0.1) is 0 Å². The summed E-state index contributed by atoms with van der Waals surface area (Å²) in [5, 5.41) is 0.461. The molecule has 2 aromatic carbocycles. The van der Waals surface area contributed by atoms with E-state index in [1.54, 1.807) is 12.1 Å². The average Bonchev–Trinajstić information content (AvgIpc) is 2.97. The first-order valence-electron chi connectivity index (χ1n) is 7.12. The van der Waals surface area contributed by atoms with Crippen LogP contribution in [0.1, 0.15) is 5.82 Å². The van der Waals surface area contributed by atoms with Gasteiger partial charge in [-0.2, -0.15) is 30.7 Å². The Kier molecular flexibility index (Phi) is 4.59. The molecule has 0 aliphatic rings. The maximum Gasteiger partial charge on any atom is 0.460 e. The van der Waals surface area contributed by atoms with Gasteiger partial charge in [-0.1, -0.05) is 35.3 Å².